The minimum atomic E-state index is 0.139. The topological polar surface area (TPSA) is 34.0 Å². The lowest BCUT2D eigenvalue weighted by atomic mass is 10.2. The number of aromatic nitrogens is 1. The van der Waals surface area contributed by atoms with Crippen molar-refractivity contribution < 1.29 is 0 Å². The van der Waals surface area contributed by atoms with Crippen molar-refractivity contribution in [3.63, 3.8) is 0 Å². The van der Waals surface area contributed by atoms with E-state index in [1.54, 1.807) is 17.4 Å². The van der Waals surface area contributed by atoms with E-state index in [1.165, 1.54) is 28.1 Å². The molecule has 2 aromatic rings. The highest BCUT2D eigenvalue weighted by Crippen LogP contribution is 2.19. The van der Waals surface area contributed by atoms with Gasteiger partial charge in [0.05, 0.1) is 0 Å². The smallest absolute Gasteiger partial charge is 0.250 e. The van der Waals surface area contributed by atoms with Gasteiger partial charge >= 0.3 is 0 Å². The van der Waals surface area contributed by atoms with Crippen LogP contribution in [-0.4, -0.2) is 11.1 Å². The van der Waals surface area contributed by atoms with E-state index in [4.69, 9.17) is 0 Å². The fourth-order valence-electron chi connectivity index (χ4n) is 2.86. The second-order valence-electron chi connectivity index (χ2n) is 5.35. The third kappa shape index (κ3) is 2.72. The third-order valence-electron chi connectivity index (χ3n) is 4.02. The van der Waals surface area contributed by atoms with Crippen molar-refractivity contribution in [2.75, 3.05) is 6.54 Å². The molecule has 4 heteroatoms. The van der Waals surface area contributed by atoms with Gasteiger partial charge in [-0.3, -0.25) is 4.79 Å². The molecule has 0 fully saturated rings. The Morgan fingerprint density at radius 3 is 3.00 bits per heavy atom. The van der Waals surface area contributed by atoms with Crippen LogP contribution in [-0.2, 0) is 25.9 Å². The maximum absolute atomic E-state index is 12.0. The number of fused-ring (bicyclic) bond motifs is 1. The molecule has 0 atom stereocenters. The molecule has 0 saturated heterocycles. The molecule has 1 aliphatic carbocycles. The van der Waals surface area contributed by atoms with Crippen LogP contribution in [0.5, 0.6) is 0 Å². The zero-order valence-electron chi connectivity index (χ0n) is 11.8. The Balaban J connectivity index is 1.61. The zero-order chi connectivity index (χ0) is 13.9. The molecule has 0 amide bonds. The molecule has 0 aliphatic heterocycles. The molecule has 0 radical (unpaired) electrons. The monoisotopic (exact) mass is 288 g/mol. The van der Waals surface area contributed by atoms with Crippen LogP contribution in [0.2, 0.25) is 0 Å². The Morgan fingerprint density at radius 2 is 2.20 bits per heavy atom. The molecule has 3 rings (SSSR count). The molecule has 0 unspecified atom stereocenters. The molecule has 2 aromatic heterocycles. The minimum Gasteiger partial charge on any atom is -0.311 e. The van der Waals surface area contributed by atoms with Gasteiger partial charge in [0.15, 0.2) is 0 Å². The number of hydrogen-bond acceptors (Lipinski definition) is 3. The second-order valence-corrected chi connectivity index (χ2v) is 6.35. The van der Waals surface area contributed by atoms with Crippen molar-refractivity contribution in [2.45, 2.75) is 39.3 Å². The fourth-order valence-corrected chi connectivity index (χ4v) is 3.73. The van der Waals surface area contributed by atoms with Crippen LogP contribution in [0, 0.1) is 6.92 Å². The summed E-state index contributed by atoms with van der Waals surface area (Å²) in [6.07, 6.45) is 3.35. The summed E-state index contributed by atoms with van der Waals surface area (Å²) >= 11 is 1.79. The van der Waals surface area contributed by atoms with Crippen molar-refractivity contribution >= 4 is 11.3 Å². The number of aryl methyl sites for hydroxylation is 2. The van der Waals surface area contributed by atoms with Crippen molar-refractivity contribution in [3.8, 4) is 0 Å². The highest BCUT2D eigenvalue weighted by atomic mass is 32.1. The van der Waals surface area contributed by atoms with Gasteiger partial charge in [-0.05, 0) is 48.8 Å². The van der Waals surface area contributed by atoms with Gasteiger partial charge in [0, 0.05) is 36.3 Å². The van der Waals surface area contributed by atoms with Crippen LogP contribution in [0.1, 0.15) is 28.1 Å². The van der Waals surface area contributed by atoms with Crippen molar-refractivity contribution in [2.24, 2.45) is 0 Å². The highest BCUT2D eigenvalue weighted by molar-refractivity contribution is 7.10. The molecule has 3 nitrogen and oxygen atoms in total. The largest absolute Gasteiger partial charge is 0.311 e. The van der Waals surface area contributed by atoms with E-state index in [0.29, 0.717) is 0 Å². The Kier molecular flexibility index (Phi) is 4.03. The SMILES string of the molecule is Cc1ccsc1CNCCn1c2c(ccc1=O)CCC2. The molecule has 1 aliphatic rings. The molecule has 0 bridgehead atoms. The summed E-state index contributed by atoms with van der Waals surface area (Å²) in [7, 11) is 0. The van der Waals surface area contributed by atoms with Crippen LogP contribution in [0.4, 0.5) is 0 Å². The van der Waals surface area contributed by atoms with Crippen molar-refractivity contribution in [3.05, 3.63) is 55.6 Å². The van der Waals surface area contributed by atoms with E-state index in [-0.39, 0.29) is 5.56 Å². The van der Waals surface area contributed by atoms with Gasteiger partial charge in [0.2, 0.25) is 0 Å². The molecule has 20 heavy (non-hydrogen) atoms. The van der Waals surface area contributed by atoms with E-state index in [0.717, 1.165) is 32.5 Å². The number of pyridine rings is 1. The lowest BCUT2D eigenvalue weighted by Gasteiger charge is -2.12. The number of nitrogens with one attached hydrogen (secondary N) is 1. The predicted octanol–water partition coefficient (Wildman–Crippen LogP) is 2.50. The summed E-state index contributed by atoms with van der Waals surface area (Å²) in [5, 5.41) is 5.57. The number of thiophene rings is 1. The molecular weight excluding hydrogens is 268 g/mol. The van der Waals surface area contributed by atoms with E-state index in [9.17, 15) is 4.79 Å². The number of nitrogens with zero attached hydrogens (tertiary/aromatic N) is 1. The molecule has 0 spiro atoms. The Morgan fingerprint density at radius 1 is 1.30 bits per heavy atom. The molecule has 2 heterocycles. The van der Waals surface area contributed by atoms with Crippen LogP contribution in [0.15, 0.2) is 28.4 Å². The van der Waals surface area contributed by atoms with E-state index >= 15 is 0 Å². The summed E-state index contributed by atoms with van der Waals surface area (Å²) in [6.45, 7) is 4.65. The first-order valence-electron chi connectivity index (χ1n) is 7.21. The second kappa shape index (κ2) is 5.94. The molecule has 0 aromatic carbocycles. The lowest BCUT2D eigenvalue weighted by molar-refractivity contribution is 0.571. The fraction of sp³-hybridized carbons (Fsp3) is 0.438. The molecule has 106 valence electrons. The third-order valence-corrected chi connectivity index (χ3v) is 5.04. The first-order chi connectivity index (χ1) is 9.75. The quantitative estimate of drug-likeness (QED) is 0.858. The first kappa shape index (κ1) is 13.6. The van der Waals surface area contributed by atoms with Crippen LogP contribution < -0.4 is 10.9 Å². The molecule has 1 N–H and O–H groups in total. The van der Waals surface area contributed by atoms with E-state index < -0.39 is 0 Å². The Bertz CT molecular complexity index is 657. The first-order valence-corrected chi connectivity index (χ1v) is 8.09. The predicted molar refractivity (Wildman–Crippen MR) is 83.5 cm³/mol. The average Bonchev–Trinajstić information content (AvgIpc) is 3.06. The van der Waals surface area contributed by atoms with Gasteiger partial charge in [-0.15, -0.1) is 11.3 Å². The maximum atomic E-state index is 12.0. The van der Waals surface area contributed by atoms with Gasteiger partial charge in [-0.1, -0.05) is 6.07 Å². The van der Waals surface area contributed by atoms with Gasteiger partial charge < -0.3 is 9.88 Å². The Hall–Kier alpha value is -1.39. The molecule has 0 saturated carbocycles. The Labute approximate surface area is 123 Å². The lowest BCUT2D eigenvalue weighted by Crippen LogP contribution is -2.28. The van der Waals surface area contributed by atoms with E-state index in [2.05, 4.69) is 23.7 Å². The normalized spacial score (nSPS) is 13.7. The standard InChI is InChI=1S/C16H20N2OS/c1-12-7-10-20-15(12)11-17-8-9-18-14-4-2-3-13(14)5-6-16(18)19/h5-7,10,17H,2-4,8-9,11H2,1H3. The summed E-state index contributed by atoms with van der Waals surface area (Å²) in [5.74, 6) is 0. The van der Waals surface area contributed by atoms with Crippen LogP contribution in [0.25, 0.3) is 0 Å². The summed E-state index contributed by atoms with van der Waals surface area (Å²) in [4.78, 5) is 13.4. The van der Waals surface area contributed by atoms with Gasteiger partial charge in [0.1, 0.15) is 0 Å². The van der Waals surface area contributed by atoms with E-state index in [1.807, 2.05) is 10.6 Å². The summed E-state index contributed by atoms with van der Waals surface area (Å²) in [5.41, 5.74) is 4.10. The van der Waals surface area contributed by atoms with Crippen LogP contribution >= 0.6 is 11.3 Å². The van der Waals surface area contributed by atoms with Crippen molar-refractivity contribution in [1.29, 1.82) is 0 Å². The van der Waals surface area contributed by atoms with Gasteiger partial charge in [-0.25, -0.2) is 0 Å². The number of rotatable bonds is 5. The average molecular weight is 288 g/mol. The van der Waals surface area contributed by atoms with Gasteiger partial charge in [0.25, 0.3) is 5.56 Å². The van der Waals surface area contributed by atoms with Crippen LogP contribution in [0.3, 0.4) is 0 Å². The zero-order valence-corrected chi connectivity index (χ0v) is 12.6. The molecular formula is C16H20N2OS. The maximum Gasteiger partial charge on any atom is 0.250 e. The van der Waals surface area contributed by atoms with Gasteiger partial charge in [-0.2, -0.15) is 0 Å². The minimum absolute atomic E-state index is 0.139. The summed E-state index contributed by atoms with van der Waals surface area (Å²) < 4.78 is 1.95. The highest BCUT2D eigenvalue weighted by Gasteiger charge is 2.15. The number of hydrogen-bond donors (Lipinski definition) is 1. The summed E-state index contributed by atoms with van der Waals surface area (Å²) in [6, 6.07) is 5.87. The van der Waals surface area contributed by atoms with Crippen molar-refractivity contribution in [1.82, 2.24) is 9.88 Å².